The Balaban J connectivity index is 2.07. The first-order chi connectivity index (χ1) is 12.5. The normalized spacial score (nSPS) is 16.5. The first-order valence-corrected chi connectivity index (χ1v) is 9.11. The van der Waals surface area contributed by atoms with Crippen LogP contribution in [0.4, 0.5) is 5.82 Å². The zero-order valence-corrected chi connectivity index (χ0v) is 15.5. The summed E-state index contributed by atoms with van der Waals surface area (Å²) < 4.78 is 5.28. The van der Waals surface area contributed by atoms with Gasteiger partial charge in [-0.15, -0.1) is 0 Å². The minimum atomic E-state index is -1.08. The molecule has 0 spiro atoms. The van der Waals surface area contributed by atoms with E-state index in [-0.39, 0.29) is 6.10 Å². The predicted octanol–water partition coefficient (Wildman–Crippen LogP) is 3.42. The van der Waals surface area contributed by atoms with E-state index in [0.717, 1.165) is 31.4 Å². The number of nitriles is 1. The Morgan fingerprint density at radius 2 is 1.85 bits per heavy atom. The van der Waals surface area contributed by atoms with Crippen LogP contribution in [-0.4, -0.2) is 35.1 Å². The third kappa shape index (κ3) is 3.77. The van der Waals surface area contributed by atoms with Crippen molar-refractivity contribution in [3.8, 4) is 6.07 Å². The molecule has 0 N–H and O–H groups in total. The molecule has 1 saturated heterocycles. The van der Waals surface area contributed by atoms with Gasteiger partial charge < -0.3 is 9.64 Å². The van der Waals surface area contributed by atoms with E-state index in [1.54, 1.807) is 13.8 Å². The number of esters is 1. The SMILES string of the molecule is CC1CCN(c2nc3ccccc3nc2[C@@H](C#N)C(=O)OC(C)C)CC1. The fourth-order valence-electron chi connectivity index (χ4n) is 3.18. The Labute approximate surface area is 153 Å². The van der Waals surface area contributed by atoms with Gasteiger partial charge in [-0.2, -0.15) is 5.26 Å². The first kappa shape index (κ1) is 18.1. The van der Waals surface area contributed by atoms with Crippen molar-refractivity contribution in [1.82, 2.24) is 9.97 Å². The Morgan fingerprint density at radius 1 is 1.23 bits per heavy atom. The largest absolute Gasteiger partial charge is 0.462 e. The maximum absolute atomic E-state index is 12.5. The summed E-state index contributed by atoms with van der Waals surface area (Å²) in [5.74, 6) is -0.355. The standard InChI is InChI=1S/C20H24N4O2/c1-13(2)26-20(25)15(12-21)18-19(24-10-8-14(3)9-11-24)23-17-7-5-4-6-16(17)22-18/h4-7,13-15H,8-11H2,1-3H3/t15-/m1/s1. The van der Waals surface area contributed by atoms with Crippen molar-refractivity contribution >= 4 is 22.8 Å². The van der Waals surface area contributed by atoms with Gasteiger partial charge in [-0.25, -0.2) is 9.97 Å². The van der Waals surface area contributed by atoms with Crippen LogP contribution in [0.3, 0.4) is 0 Å². The fraction of sp³-hybridized carbons (Fsp3) is 0.500. The van der Waals surface area contributed by atoms with E-state index in [0.29, 0.717) is 22.9 Å². The maximum Gasteiger partial charge on any atom is 0.329 e. The van der Waals surface area contributed by atoms with Crippen LogP contribution in [0.1, 0.15) is 45.2 Å². The van der Waals surface area contributed by atoms with Crippen molar-refractivity contribution < 1.29 is 9.53 Å². The number of nitrogens with zero attached hydrogens (tertiary/aromatic N) is 4. The molecule has 0 aliphatic carbocycles. The Kier molecular flexibility index (Phi) is 5.36. The molecule has 2 aromatic rings. The van der Waals surface area contributed by atoms with Gasteiger partial charge in [0.05, 0.1) is 23.2 Å². The number of piperidine rings is 1. The van der Waals surface area contributed by atoms with Gasteiger partial charge >= 0.3 is 5.97 Å². The number of hydrogen-bond acceptors (Lipinski definition) is 6. The Bertz CT molecular complexity index is 835. The van der Waals surface area contributed by atoms with Gasteiger partial charge in [-0.3, -0.25) is 4.79 Å². The molecule has 0 bridgehead atoms. The minimum absolute atomic E-state index is 0.286. The number of anilines is 1. The third-order valence-electron chi connectivity index (χ3n) is 4.65. The van der Waals surface area contributed by atoms with Crippen molar-refractivity contribution in [2.45, 2.75) is 45.6 Å². The van der Waals surface area contributed by atoms with Crippen LogP contribution in [0.2, 0.25) is 0 Å². The molecule has 0 unspecified atom stereocenters. The first-order valence-electron chi connectivity index (χ1n) is 9.11. The highest BCUT2D eigenvalue weighted by Crippen LogP contribution is 2.30. The summed E-state index contributed by atoms with van der Waals surface area (Å²) in [5.41, 5.74) is 1.83. The number of carbonyl (C=O) groups excluding carboxylic acids is 1. The van der Waals surface area contributed by atoms with E-state index in [9.17, 15) is 10.1 Å². The monoisotopic (exact) mass is 352 g/mol. The van der Waals surface area contributed by atoms with Crippen molar-refractivity contribution in [1.29, 1.82) is 5.26 Å². The van der Waals surface area contributed by atoms with Gasteiger partial charge in [-0.05, 0) is 44.7 Å². The lowest BCUT2D eigenvalue weighted by atomic mass is 9.98. The maximum atomic E-state index is 12.5. The van der Waals surface area contributed by atoms with Crippen LogP contribution in [0.25, 0.3) is 11.0 Å². The zero-order chi connectivity index (χ0) is 18.7. The molecule has 1 aliphatic rings. The zero-order valence-electron chi connectivity index (χ0n) is 15.5. The molecule has 1 aromatic heterocycles. The van der Waals surface area contributed by atoms with E-state index >= 15 is 0 Å². The lowest BCUT2D eigenvalue weighted by Crippen LogP contribution is -2.35. The van der Waals surface area contributed by atoms with Gasteiger partial charge in [0, 0.05) is 13.1 Å². The molecular weight excluding hydrogens is 328 g/mol. The summed E-state index contributed by atoms with van der Waals surface area (Å²) in [6, 6.07) is 9.60. The van der Waals surface area contributed by atoms with Crippen LogP contribution in [0, 0.1) is 17.2 Å². The molecule has 6 heteroatoms. The van der Waals surface area contributed by atoms with E-state index in [4.69, 9.17) is 9.72 Å². The summed E-state index contributed by atoms with van der Waals surface area (Å²) in [7, 11) is 0. The lowest BCUT2D eigenvalue weighted by Gasteiger charge is -2.32. The molecule has 1 aromatic carbocycles. The summed E-state index contributed by atoms with van der Waals surface area (Å²) in [6.45, 7) is 7.47. The second kappa shape index (κ2) is 7.69. The van der Waals surface area contributed by atoms with Crippen molar-refractivity contribution in [3.63, 3.8) is 0 Å². The fourth-order valence-corrected chi connectivity index (χ4v) is 3.18. The predicted molar refractivity (Wildman–Crippen MR) is 99.7 cm³/mol. The molecule has 26 heavy (non-hydrogen) atoms. The third-order valence-corrected chi connectivity index (χ3v) is 4.65. The number of benzene rings is 1. The van der Waals surface area contributed by atoms with Crippen LogP contribution >= 0.6 is 0 Å². The molecule has 0 radical (unpaired) electrons. The molecular formula is C20H24N4O2. The van der Waals surface area contributed by atoms with Crippen LogP contribution in [-0.2, 0) is 9.53 Å². The molecule has 2 heterocycles. The molecule has 0 saturated carbocycles. The number of hydrogen-bond donors (Lipinski definition) is 0. The number of fused-ring (bicyclic) bond motifs is 1. The summed E-state index contributed by atoms with van der Waals surface area (Å²) in [6.07, 6.45) is 1.83. The number of aromatic nitrogens is 2. The molecule has 6 nitrogen and oxygen atoms in total. The average Bonchev–Trinajstić information content (AvgIpc) is 2.62. The van der Waals surface area contributed by atoms with Gasteiger partial charge in [0.15, 0.2) is 11.7 Å². The second-order valence-electron chi connectivity index (χ2n) is 7.14. The number of carbonyl (C=O) groups is 1. The quantitative estimate of drug-likeness (QED) is 0.785. The van der Waals surface area contributed by atoms with E-state index in [1.807, 2.05) is 24.3 Å². The topological polar surface area (TPSA) is 79.1 Å². The van der Waals surface area contributed by atoms with E-state index in [2.05, 4.69) is 22.9 Å². The van der Waals surface area contributed by atoms with Gasteiger partial charge in [0.2, 0.25) is 0 Å². The highest BCUT2D eigenvalue weighted by molar-refractivity contribution is 5.85. The molecule has 3 rings (SSSR count). The Morgan fingerprint density at radius 3 is 2.42 bits per heavy atom. The summed E-state index contributed by atoms with van der Waals surface area (Å²) in [4.78, 5) is 24.0. The van der Waals surface area contributed by atoms with Gasteiger partial charge in [-0.1, -0.05) is 19.1 Å². The number of rotatable bonds is 4. The number of ether oxygens (including phenoxy) is 1. The smallest absolute Gasteiger partial charge is 0.329 e. The van der Waals surface area contributed by atoms with Gasteiger partial charge in [0.25, 0.3) is 0 Å². The van der Waals surface area contributed by atoms with E-state index < -0.39 is 11.9 Å². The van der Waals surface area contributed by atoms with Crippen LogP contribution < -0.4 is 4.90 Å². The summed E-state index contributed by atoms with van der Waals surface area (Å²) >= 11 is 0. The highest BCUT2D eigenvalue weighted by Gasteiger charge is 2.31. The number of para-hydroxylation sites is 2. The summed E-state index contributed by atoms with van der Waals surface area (Å²) in [5, 5.41) is 9.66. The van der Waals surface area contributed by atoms with Crippen LogP contribution in [0.5, 0.6) is 0 Å². The van der Waals surface area contributed by atoms with Crippen LogP contribution in [0.15, 0.2) is 24.3 Å². The molecule has 1 fully saturated rings. The molecule has 0 amide bonds. The minimum Gasteiger partial charge on any atom is -0.462 e. The Hall–Kier alpha value is -2.68. The highest BCUT2D eigenvalue weighted by atomic mass is 16.5. The average molecular weight is 352 g/mol. The molecule has 136 valence electrons. The lowest BCUT2D eigenvalue weighted by molar-refractivity contribution is -0.147. The van der Waals surface area contributed by atoms with Crippen molar-refractivity contribution in [3.05, 3.63) is 30.0 Å². The second-order valence-corrected chi connectivity index (χ2v) is 7.14. The van der Waals surface area contributed by atoms with E-state index in [1.165, 1.54) is 0 Å². The van der Waals surface area contributed by atoms with Crippen molar-refractivity contribution in [2.75, 3.05) is 18.0 Å². The van der Waals surface area contributed by atoms with Gasteiger partial charge in [0.1, 0.15) is 5.69 Å². The molecule has 1 atom stereocenters. The van der Waals surface area contributed by atoms with Crippen molar-refractivity contribution in [2.24, 2.45) is 5.92 Å². The molecule has 1 aliphatic heterocycles.